The lowest BCUT2D eigenvalue weighted by molar-refractivity contribution is 0.460. The van der Waals surface area contributed by atoms with Crippen LogP contribution in [0.4, 0.5) is 0 Å². The molecular formula is C65H50N2S. The Morgan fingerprint density at radius 1 is 0.647 bits per heavy atom. The summed E-state index contributed by atoms with van der Waals surface area (Å²) in [5, 5.41) is 7.25. The van der Waals surface area contributed by atoms with Gasteiger partial charge in [-0.1, -0.05) is 195 Å². The van der Waals surface area contributed by atoms with E-state index in [1.807, 2.05) is 11.8 Å². The Kier molecular flexibility index (Phi) is 9.84. The summed E-state index contributed by atoms with van der Waals surface area (Å²) < 4.78 is 0. The lowest BCUT2D eigenvalue weighted by Gasteiger charge is -2.40. The first-order valence-electron chi connectivity index (χ1n) is 24.2. The van der Waals surface area contributed by atoms with Gasteiger partial charge in [-0.15, -0.1) is 0 Å². The van der Waals surface area contributed by atoms with Crippen molar-refractivity contribution in [1.82, 2.24) is 10.3 Å². The number of para-hydroxylation sites is 1. The zero-order chi connectivity index (χ0) is 45.3. The standard InChI is InChI=1S/C65H50N2S/c1-3-47-51(48-21-9-4-6-18-41(48)2)36-46(37-54(47)60-25-16-17-35-66-60)43-31-29-42(30-32-43)45-33-34-49-53-39-55-52(50-22-10-13-26-61(50)67-64(55)44-19-7-5-8-20-44)40-59(53)65(58(49)38-45)56-23-11-14-27-62(56)68-63-28-15-12-24-57(63)65/h4-5,7-17,19-40,47,51,60,66H,2-3,6,18H2,1H3. The number of hydrogen-bond donors (Lipinski definition) is 1. The second-order valence-electron chi connectivity index (χ2n) is 18.9. The van der Waals surface area contributed by atoms with Gasteiger partial charge in [0.2, 0.25) is 0 Å². The number of allylic oxidation sites excluding steroid dienone is 10. The lowest BCUT2D eigenvalue weighted by atomic mass is 9.67. The highest BCUT2D eigenvalue weighted by Crippen LogP contribution is 2.63. The molecule has 3 heteroatoms. The minimum Gasteiger partial charge on any atom is -0.381 e. The maximum atomic E-state index is 5.37. The van der Waals surface area contributed by atoms with Crippen LogP contribution in [0.5, 0.6) is 0 Å². The molecule has 326 valence electrons. The van der Waals surface area contributed by atoms with E-state index in [2.05, 4.69) is 231 Å². The molecule has 3 unspecified atom stereocenters. The van der Waals surface area contributed by atoms with Crippen molar-refractivity contribution in [2.75, 3.05) is 0 Å². The Hall–Kier alpha value is -7.46. The zero-order valence-electron chi connectivity index (χ0n) is 38.1. The van der Waals surface area contributed by atoms with Gasteiger partial charge in [-0.05, 0) is 146 Å². The largest absolute Gasteiger partial charge is 0.381 e. The Morgan fingerprint density at radius 2 is 1.37 bits per heavy atom. The van der Waals surface area contributed by atoms with Crippen molar-refractivity contribution in [2.24, 2.45) is 11.8 Å². The van der Waals surface area contributed by atoms with E-state index in [-0.39, 0.29) is 12.0 Å². The molecular weight excluding hydrogens is 841 g/mol. The van der Waals surface area contributed by atoms with E-state index in [0.717, 1.165) is 36.0 Å². The quantitative estimate of drug-likeness (QED) is 0.168. The number of dihydropyridines is 1. The molecule has 0 saturated heterocycles. The van der Waals surface area contributed by atoms with Crippen molar-refractivity contribution >= 4 is 39.0 Å². The van der Waals surface area contributed by atoms with Crippen LogP contribution in [0.25, 0.3) is 60.8 Å². The summed E-state index contributed by atoms with van der Waals surface area (Å²) in [6.45, 7) is 6.95. The van der Waals surface area contributed by atoms with Crippen LogP contribution in [0.3, 0.4) is 0 Å². The molecule has 2 aliphatic heterocycles. The summed E-state index contributed by atoms with van der Waals surface area (Å²) in [7, 11) is 0. The van der Waals surface area contributed by atoms with Crippen LogP contribution in [-0.2, 0) is 5.41 Å². The highest BCUT2D eigenvalue weighted by atomic mass is 32.2. The van der Waals surface area contributed by atoms with E-state index < -0.39 is 5.41 Å². The first kappa shape index (κ1) is 40.8. The number of pyridine rings is 1. The SMILES string of the molecule is C=C1CCC=CC=C1C1C=C(c2ccc(-c3ccc4c(c3)C3(c5ccccc5Sc5ccccc53)c3cc5c(cc3-4)c(-c3ccccc3)nc3ccccc35)cc2)C=C(C2C=CC=CN2)C1CC. The number of hydrogen-bond acceptors (Lipinski definition) is 3. The number of benzene rings is 7. The molecule has 0 saturated carbocycles. The summed E-state index contributed by atoms with van der Waals surface area (Å²) >= 11 is 1.89. The molecule has 0 fully saturated rings. The summed E-state index contributed by atoms with van der Waals surface area (Å²) in [5.74, 6) is 0.615. The third-order valence-corrected chi connectivity index (χ3v) is 16.4. The maximum Gasteiger partial charge on any atom is 0.0788 e. The molecule has 3 aliphatic carbocycles. The summed E-state index contributed by atoms with van der Waals surface area (Å²) in [4.78, 5) is 7.97. The molecule has 2 nitrogen and oxygen atoms in total. The van der Waals surface area contributed by atoms with Crippen LogP contribution >= 0.6 is 11.8 Å². The molecule has 5 aliphatic rings. The Balaban J connectivity index is 0.991. The van der Waals surface area contributed by atoms with Gasteiger partial charge in [0.15, 0.2) is 0 Å². The van der Waals surface area contributed by atoms with E-state index >= 15 is 0 Å². The fourth-order valence-electron chi connectivity index (χ4n) is 12.1. The average Bonchev–Trinajstić information content (AvgIpc) is 3.49. The molecule has 1 spiro atoms. The van der Waals surface area contributed by atoms with Gasteiger partial charge in [-0.25, -0.2) is 4.98 Å². The first-order chi connectivity index (χ1) is 33.6. The lowest BCUT2D eigenvalue weighted by Crippen LogP contribution is -2.34. The summed E-state index contributed by atoms with van der Waals surface area (Å²) in [6, 6.07) is 59.3. The number of aromatic nitrogens is 1. The van der Waals surface area contributed by atoms with Gasteiger partial charge >= 0.3 is 0 Å². The normalized spacial score (nSPS) is 19.6. The topological polar surface area (TPSA) is 24.9 Å². The predicted molar refractivity (Wildman–Crippen MR) is 286 cm³/mol. The molecule has 1 N–H and O–H groups in total. The highest BCUT2D eigenvalue weighted by molar-refractivity contribution is 7.99. The van der Waals surface area contributed by atoms with Gasteiger partial charge in [0.05, 0.1) is 22.7 Å². The predicted octanol–water partition coefficient (Wildman–Crippen LogP) is 16.4. The molecule has 7 aromatic carbocycles. The average molecular weight is 891 g/mol. The molecule has 68 heavy (non-hydrogen) atoms. The minimum absolute atomic E-state index is 0.152. The molecule has 0 radical (unpaired) electrons. The van der Waals surface area contributed by atoms with Crippen LogP contribution in [0.1, 0.15) is 54.0 Å². The van der Waals surface area contributed by atoms with Crippen molar-refractivity contribution in [3.8, 4) is 33.5 Å². The van der Waals surface area contributed by atoms with E-state index in [1.165, 1.54) is 98.3 Å². The third kappa shape index (κ3) is 6.36. The van der Waals surface area contributed by atoms with Crippen LogP contribution in [0.15, 0.2) is 246 Å². The fourth-order valence-corrected chi connectivity index (χ4v) is 13.3. The smallest absolute Gasteiger partial charge is 0.0788 e. The Morgan fingerprint density at radius 3 is 2.15 bits per heavy atom. The van der Waals surface area contributed by atoms with Crippen LogP contribution in [0.2, 0.25) is 0 Å². The van der Waals surface area contributed by atoms with Crippen LogP contribution in [-0.4, -0.2) is 11.0 Å². The van der Waals surface area contributed by atoms with Gasteiger partial charge in [-0.3, -0.25) is 0 Å². The Bertz CT molecular complexity index is 3530. The van der Waals surface area contributed by atoms with Crippen LogP contribution in [0, 0.1) is 11.8 Å². The van der Waals surface area contributed by atoms with Crippen LogP contribution < -0.4 is 5.32 Å². The van der Waals surface area contributed by atoms with Gasteiger partial charge in [0.25, 0.3) is 0 Å². The van der Waals surface area contributed by atoms with E-state index in [4.69, 9.17) is 4.98 Å². The molecule has 3 heterocycles. The number of fused-ring (bicyclic) bond motifs is 12. The highest BCUT2D eigenvalue weighted by Gasteiger charge is 2.50. The number of rotatable bonds is 6. The van der Waals surface area contributed by atoms with E-state index in [9.17, 15) is 0 Å². The molecule has 0 bridgehead atoms. The molecule has 13 rings (SSSR count). The van der Waals surface area contributed by atoms with Crippen molar-refractivity contribution in [3.05, 3.63) is 264 Å². The van der Waals surface area contributed by atoms with Gasteiger partial charge in [0, 0.05) is 32.0 Å². The summed E-state index contributed by atoms with van der Waals surface area (Å²) in [5.41, 5.74) is 19.5. The monoisotopic (exact) mass is 890 g/mol. The van der Waals surface area contributed by atoms with E-state index in [1.54, 1.807) is 0 Å². The molecule has 3 atom stereocenters. The molecule has 1 aromatic heterocycles. The fraction of sp³-hybridized carbons (Fsp3) is 0.123. The molecule has 8 aromatic rings. The van der Waals surface area contributed by atoms with Crippen molar-refractivity contribution < 1.29 is 0 Å². The Labute approximate surface area is 403 Å². The second kappa shape index (κ2) is 16.4. The maximum absolute atomic E-state index is 5.37. The van der Waals surface area contributed by atoms with Gasteiger partial charge < -0.3 is 5.32 Å². The van der Waals surface area contributed by atoms with Crippen molar-refractivity contribution in [2.45, 2.75) is 47.4 Å². The van der Waals surface area contributed by atoms with Gasteiger partial charge in [-0.2, -0.15) is 0 Å². The number of nitrogens with zero attached hydrogens (tertiary/aromatic N) is 1. The van der Waals surface area contributed by atoms with E-state index in [0.29, 0.717) is 5.92 Å². The summed E-state index contributed by atoms with van der Waals surface area (Å²) in [6.07, 6.45) is 23.6. The minimum atomic E-state index is -0.536. The second-order valence-corrected chi connectivity index (χ2v) is 19.9. The van der Waals surface area contributed by atoms with Crippen molar-refractivity contribution in [3.63, 3.8) is 0 Å². The third-order valence-electron chi connectivity index (χ3n) is 15.3. The zero-order valence-corrected chi connectivity index (χ0v) is 38.9. The van der Waals surface area contributed by atoms with Gasteiger partial charge in [0.1, 0.15) is 0 Å². The molecule has 0 amide bonds. The van der Waals surface area contributed by atoms with Crippen molar-refractivity contribution in [1.29, 1.82) is 0 Å². The first-order valence-corrected chi connectivity index (χ1v) is 25.0. The number of nitrogens with one attached hydrogen (secondary N) is 1.